The van der Waals surface area contributed by atoms with Crippen LogP contribution in [0.2, 0.25) is 0 Å². The van der Waals surface area contributed by atoms with Crippen molar-refractivity contribution in [1.82, 2.24) is 0 Å². The topological polar surface area (TPSA) is 112 Å². The lowest BCUT2D eigenvalue weighted by Crippen LogP contribution is -2.29. The number of anilines is 1. The number of hydrogen-bond donors (Lipinski definition) is 2. The Kier molecular flexibility index (Phi) is 6.01. The van der Waals surface area contributed by atoms with Crippen LogP contribution in [0.4, 0.5) is 17.1 Å². The number of aliphatic hydroxyl groups excluding tert-OH is 2. The molecule has 0 radical (unpaired) electrons. The second kappa shape index (κ2) is 9.03. The predicted molar refractivity (Wildman–Crippen MR) is 118 cm³/mol. The van der Waals surface area contributed by atoms with Crippen LogP contribution in [0.1, 0.15) is 17.2 Å². The maximum absolute atomic E-state index is 11.3. The molecule has 0 heterocycles. The SMILES string of the molecule is O=[N+]([O-])c1ccc2c(c1)C(N=Nc1ccc(N(CCO)CCO)cc1)c1ccccc1-2. The molecule has 0 saturated heterocycles. The van der Waals surface area contributed by atoms with Crippen molar-refractivity contribution in [3.8, 4) is 11.1 Å². The van der Waals surface area contributed by atoms with Crippen LogP contribution in [-0.2, 0) is 0 Å². The summed E-state index contributed by atoms with van der Waals surface area (Å²) >= 11 is 0. The predicted octanol–water partition coefficient (Wildman–Crippen LogP) is 4.24. The Morgan fingerprint density at radius 3 is 2.26 bits per heavy atom. The Balaban J connectivity index is 1.63. The van der Waals surface area contributed by atoms with E-state index in [2.05, 4.69) is 10.2 Å². The maximum atomic E-state index is 11.3. The lowest BCUT2D eigenvalue weighted by Gasteiger charge is -2.22. The largest absolute Gasteiger partial charge is 0.395 e. The van der Waals surface area contributed by atoms with Crippen molar-refractivity contribution in [2.75, 3.05) is 31.2 Å². The van der Waals surface area contributed by atoms with Crippen LogP contribution in [0.3, 0.4) is 0 Å². The molecule has 0 fully saturated rings. The van der Waals surface area contributed by atoms with Crippen LogP contribution in [0.25, 0.3) is 11.1 Å². The summed E-state index contributed by atoms with van der Waals surface area (Å²) in [6.07, 6.45) is 0. The molecule has 0 spiro atoms. The maximum Gasteiger partial charge on any atom is 0.269 e. The number of azo groups is 1. The summed E-state index contributed by atoms with van der Waals surface area (Å²) in [5.41, 5.74) is 5.23. The van der Waals surface area contributed by atoms with Gasteiger partial charge in [-0.05, 0) is 52.6 Å². The van der Waals surface area contributed by atoms with E-state index in [4.69, 9.17) is 0 Å². The molecule has 1 atom stereocenters. The Morgan fingerprint density at radius 1 is 0.903 bits per heavy atom. The van der Waals surface area contributed by atoms with Crippen LogP contribution in [0.5, 0.6) is 0 Å². The van der Waals surface area contributed by atoms with E-state index in [9.17, 15) is 20.3 Å². The quantitative estimate of drug-likeness (QED) is 0.323. The zero-order chi connectivity index (χ0) is 21.8. The van der Waals surface area contributed by atoms with Crippen LogP contribution in [0, 0.1) is 10.1 Å². The van der Waals surface area contributed by atoms with Crippen molar-refractivity contribution in [1.29, 1.82) is 0 Å². The van der Waals surface area contributed by atoms with Gasteiger partial charge in [-0.3, -0.25) is 10.1 Å². The van der Waals surface area contributed by atoms with E-state index in [1.54, 1.807) is 12.1 Å². The second-order valence-corrected chi connectivity index (χ2v) is 7.18. The van der Waals surface area contributed by atoms with Gasteiger partial charge in [-0.2, -0.15) is 10.2 Å². The summed E-state index contributed by atoms with van der Waals surface area (Å²) in [7, 11) is 0. The minimum Gasteiger partial charge on any atom is -0.395 e. The molecule has 31 heavy (non-hydrogen) atoms. The second-order valence-electron chi connectivity index (χ2n) is 7.18. The van der Waals surface area contributed by atoms with E-state index < -0.39 is 11.0 Å². The summed E-state index contributed by atoms with van der Waals surface area (Å²) < 4.78 is 0. The molecule has 0 amide bonds. The van der Waals surface area contributed by atoms with E-state index >= 15 is 0 Å². The zero-order valence-electron chi connectivity index (χ0n) is 16.8. The van der Waals surface area contributed by atoms with E-state index in [0.29, 0.717) is 18.8 Å². The van der Waals surface area contributed by atoms with Gasteiger partial charge in [0.1, 0.15) is 6.04 Å². The highest BCUT2D eigenvalue weighted by molar-refractivity contribution is 5.79. The van der Waals surface area contributed by atoms with Crippen molar-refractivity contribution in [2.24, 2.45) is 10.2 Å². The van der Waals surface area contributed by atoms with Crippen molar-refractivity contribution in [3.63, 3.8) is 0 Å². The fourth-order valence-corrected chi connectivity index (χ4v) is 3.87. The Hall–Kier alpha value is -3.62. The molecule has 158 valence electrons. The molecule has 1 aliphatic carbocycles. The van der Waals surface area contributed by atoms with Gasteiger partial charge >= 0.3 is 0 Å². The zero-order valence-corrected chi connectivity index (χ0v) is 16.8. The highest BCUT2D eigenvalue weighted by Crippen LogP contribution is 2.46. The van der Waals surface area contributed by atoms with E-state index in [1.165, 1.54) is 6.07 Å². The molecule has 8 heteroatoms. The Bertz CT molecular complexity index is 1110. The molecule has 0 aromatic heterocycles. The number of aliphatic hydroxyl groups is 2. The molecular weight excluding hydrogens is 396 g/mol. The summed E-state index contributed by atoms with van der Waals surface area (Å²) in [5.74, 6) is 0. The molecule has 0 aliphatic heterocycles. The molecular formula is C23H22N4O4. The van der Waals surface area contributed by atoms with E-state index in [-0.39, 0.29) is 18.9 Å². The number of nitrogens with zero attached hydrogens (tertiary/aromatic N) is 4. The lowest BCUT2D eigenvalue weighted by molar-refractivity contribution is -0.384. The highest BCUT2D eigenvalue weighted by atomic mass is 16.6. The summed E-state index contributed by atoms with van der Waals surface area (Å²) in [6.45, 7) is 0.841. The molecule has 2 N–H and O–H groups in total. The van der Waals surface area contributed by atoms with Crippen LogP contribution < -0.4 is 4.90 Å². The van der Waals surface area contributed by atoms with Gasteiger partial charge in [-0.1, -0.05) is 24.3 Å². The van der Waals surface area contributed by atoms with Gasteiger partial charge in [0.25, 0.3) is 5.69 Å². The van der Waals surface area contributed by atoms with Crippen LogP contribution >= 0.6 is 0 Å². The van der Waals surface area contributed by atoms with Crippen LogP contribution in [0.15, 0.2) is 77.0 Å². The first kappa shape index (κ1) is 20.6. The van der Waals surface area contributed by atoms with Crippen molar-refractivity contribution in [2.45, 2.75) is 6.04 Å². The molecule has 3 aromatic carbocycles. The number of rotatable bonds is 8. The number of non-ortho nitro benzene ring substituents is 1. The van der Waals surface area contributed by atoms with Gasteiger partial charge < -0.3 is 15.1 Å². The molecule has 3 aromatic rings. The molecule has 0 bridgehead atoms. The number of nitro benzene ring substituents is 1. The first-order valence-corrected chi connectivity index (χ1v) is 9.97. The smallest absolute Gasteiger partial charge is 0.269 e. The van der Waals surface area contributed by atoms with Gasteiger partial charge in [-0.25, -0.2) is 0 Å². The van der Waals surface area contributed by atoms with Gasteiger partial charge in [0.15, 0.2) is 0 Å². The third-order valence-electron chi connectivity index (χ3n) is 5.33. The summed E-state index contributed by atoms with van der Waals surface area (Å²) in [4.78, 5) is 12.7. The third kappa shape index (κ3) is 4.16. The number of fused-ring (bicyclic) bond motifs is 3. The van der Waals surface area contributed by atoms with Gasteiger partial charge in [0, 0.05) is 30.9 Å². The number of benzene rings is 3. The van der Waals surface area contributed by atoms with E-state index in [1.807, 2.05) is 53.4 Å². The standard InChI is InChI=1S/C23H22N4O4/c28-13-11-26(12-14-29)17-7-5-16(6-8-17)24-25-23-21-4-2-1-3-19(21)20-10-9-18(27(30)31)15-22(20)23/h1-10,15,23,28-29H,11-14H2. The average Bonchev–Trinajstić information content (AvgIpc) is 3.11. The van der Waals surface area contributed by atoms with Crippen molar-refractivity contribution >= 4 is 17.1 Å². The van der Waals surface area contributed by atoms with Gasteiger partial charge in [0.2, 0.25) is 0 Å². The third-order valence-corrected chi connectivity index (χ3v) is 5.33. The molecule has 4 rings (SSSR count). The highest BCUT2D eigenvalue weighted by Gasteiger charge is 2.30. The molecule has 1 unspecified atom stereocenters. The fourth-order valence-electron chi connectivity index (χ4n) is 3.87. The molecule has 8 nitrogen and oxygen atoms in total. The van der Waals surface area contributed by atoms with Crippen LogP contribution in [-0.4, -0.2) is 41.4 Å². The van der Waals surface area contributed by atoms with Gasteiger partial charge in [-0.15, -0.1) is 0 Å². The minimum atomic E-state index is -0.411. The number of hydrogen-bond acceptors (Lipinski definition) is 7. The van der Waals surface area contributed by atoms with Crippen molar-refractivity contribution in [3.05, 3.63) is 88.0 Å². The minimum absolute atomic E-state index is 0.00586. The number of nitro groups is 1. The fraction of sp³-hybridized carbons (Fsp3) is 0.217. The first-order chi connectivity index (χ1) is 15.1. The summed E-state index contributed by atoms with van der Waals surface area (Å²) in [5, 5.41) is 38.6. The monoisotopic (exact) mass is 418 g/mol. The van der Waals surface area contributed by atoms with Crippen molar-refractivity contribution < 1.29 is 15.1 Å². The van der Waals surface area contributed by atoms with E-state index in [0.717, 1.165) is 27.9 Å². The molecule has 0 saturated carbocycles. The normalized spacial score (nSPS) is 14.5. The summed E-state index contributed by atoms with van der Waals surface area (Å²) in [6, 6.07) is 19.6. The molecule has 1 aliphatic rings. The van der Waals surface area contributed by atoms with Gasteiger partial charge in [0.05, 0.1) is 23.8 Å². The Labute approximate surface area is 179 Å². The average molecular weight is 418 g/mol. The first-order valence-electron chi connectivity index (χ1n) is 9.97. The Morgan fingerprint density at radius 2 is 1.58 bits per heavy atom. The lowest BCUT2D eigenvalue weighted by atomic mass is 10.1.